The molecule has 1 aromatic carbocycles. The summed E-state index contributed by atoms with van der Waals surface area (Å²) >= 11 is 0. The van der Waals surface area contributed by atoms with Crippen molar-refractivity contribution in [2.24, 2.45) is 5.92 Å². The fourth-order valence-corrected chi connectivity index (χ4v) is 2.83. The van der Waals surface area contributed by atoms with E-state index in [2.05, 4.69) is 6.92 Å². The second-order valence-electron chi connectivity index (χ2n) is 6.08. The van der Waals surface area contributed by atoms with E-state index >= 15 is 0 Å². The van der Waals surface area contributed by atoms with Crippen molar-refractivity contribution in [3.05, 3.63) is 34.1 Å². The Morgan fingerprint density at radius 1 is 1.39 bits per heavy atom. The molecule has 0 spiro atoms. The molecule has 0 aliphatic heterocycles. The maximum atomic E-state index is 13.2. The smallest absolute Gasteiger partial charge is 0.311 e. The van der Waals surface area contributed by atoms with Gasteiger partial charge in [-0.2, -0.15) is 0 Å². The first kappa shape index (κ1) is 17.2. The first-order valence-electron chi connectivity index (χ1n) is 7.71. The molecule has 1 aliphatic carbocycles. The minimum atomic E-state index is -0.661. The Bertz CT molecular complexity index is 585. The molecule has 0 unspecified atom stereocenters. The van der Waals surface area contributed by atoms with Crippen molar-refractivity contribution in [2.45, 2.75) is 38.6 Å². The zero-order valence-electron chi connectivity index (χ0n) is 13.3. The summed E-state index contributed by atoms with van der Waals surface area (Å²) in [7, 11) is 1.71. The molecule has 1 aromatic rings. The molecule has 1 amide bonds. The lowest BCUT2D eigenvalue weighted by Gasteiger charge is -2.33. The zero-order chi connectivity index (χ0) is 17.0. The van der Waals surface area contributed by atoms with Crippen molar-refractivity contribution in [3.63, 3.8) is 0 Å². The minimum absolute atomic E-state index is 0.171. The molecule has 0 aromatic heterocycles. The number of hydrogen-bond acceptors (Lipinski definition) is 4. The quantitative estimate of drug-likeness (QED) is 0.616. The summed E-state index contributed by atoms with van der Waals surface area (Å²) in [5.41, 5.74) is -0.353. The van der Waals surface area contributed by atoms with Crippen molar-refractivity contribution in [3.8, 4) is 5.75 Å². The predicted molar refractivity (Wildman–Crippen MR) is 82.7 cm³/mol. The lowest BCUT2D eigenvalue weighted by atomic mass is 9.87. The Hall–Kier alpha value is -2.18. The topological polar surface area (TPSA) is 72.7 Å². The van der Waals surface area contributed by atoms with Crippen molar-refractivity contribution in [1.82, 2.24) is 4.90 Å². The Balaban J connectivity index is 1.96. The molecule has 0 atom stereocenters. The molecule has 23 heavy (non-hydrogen) atoms. The van der Waals surface area contributed by atoms with Gasteiger partial charge in [0, 0.05) is 25.2 Å². The van der Waals surface area contributed by atoms with Gasteiger partial charge in [0.15, 0.2) is 6.61 Å². The van der Waals surface area contributed by atoms with Crippen molar-refractivity contribution >= 4 is 11.6 Å². The molecule has 0 N–H and O–H groups in total. The van der Waals surface area contributed by atoms with Crippen LogP contribution in [-0.2, 0) is 4.79 Å². The Labute approximate surface area is 134 Å². The summed E-state index contributed by atoms with van der Waals surface area (Å²) in [4.78, 5) is 24.1. The number of nitro benzene ring substituents is 1. The molecular formula is C16H21FN2O4. The van der Waals surface area contributed by atoms with Gasteiger partial charge in [0.1, 0.15) is 5.82 Å². The van der Waals surface area contributed by atoms with Gasteiger partial charge >= 0.3 is 5.69 Å². The van der Waals surface area contributed by atoms with Gasteiger partial charge in [-0.25, -0.2) is 4.39 Å². The highest BCUT2D eigenvalue weighted by Crippen LogP contribution is 2.28. The zero-order valence-corrected chi connectivity index (χ0v) is 13.3. The van der Waals surface area contributed by atoms with Crippen LogP contribution in [0.25, 0.3) is 0 Å². The summed E-state index contributed by atoms with van der Waals surface area (Å²) in [6, 6.07) is 3.11. The second kappa shape index (κ2) is 7.39. The maximum Gasteiger partial charge on any atom is 0.311 e. The van der Waals surface area contributed by atoms with E-state index in [0.29, 0.717) is 5.92 Å². The van der Waals surface area contributed by atoms with Crippen LogP contribution in [0.15, 0.2) is 18.2 Å². The van der Waals surface area contributed by atoms with Crippen LogP contribution in [0.2, 0.25) is 0 Å². The Morgan fingerprint density at radius 2 is 2.04 bits per heavy atom. The molecule has 6 nitrogen and oxygen atoms in total. The van der Waals surface area contributed by atoms with Gasteiger partial charge in [0.25, 0.3) is 5.91 Å². The van der Waals surface area contributed by atoms with Gasteiger partial charge in [0.2, 0.25) is 5.75 Å². The van der Waals surface area contributed by atoms with Gasteiger partial charge in [-0.1, -0.05) is 6.92 Å². The summed E-state index contributed by atoms with van der Waals surface area (Å²) in [6.07, 6.45) is 4.06. The molecule has 1 fully saturated rings. The number of nitrogens with zero attached hydrogens (tertiary/aromatic N) is 2. The molecule has 7 heteroatoms. The number of likely N-dealkylation sites (N-methyl/N-ethyl adjacent to an activating group) is 1. The molecule has 126 valence electrons. The van der Waals surface area contributed by atoms with E-state index in [0.717, 1.165) is 43.9 Å². The lowest BCUT2D eigenvalue weighted by molar-refractivity contribution is -0.385. The summed E-state index contributed by atoms with van der Waals surface area (Å²) in [6.45, 7) is 1.86. The van der Waals surface area contributed by atoms with Crippen LogP contribution in [0.3, 0.4) is 0 Å². The van der Waals surface area contributed by atoms with Crippen molar-refractivity contribution in [1.29, 1.82) is 0 Å². The van der Waals surface area contributed by atoms with Gasteiger partial charge in [-0.05, 0) is 37.7 Å². The molecule has 0 bridgehead atoms. The number of halogens is 1. The number of rotatable bonds is 5. The molecule has 0 saturated heterocycles. The molecular weight excluding hydrogens is 303 g/mol. The van der Waals surface area contributed by atoms with E-state index in [1.807, 2.05) is 0 Å². The standard InChI is InChI=1S/C16H21FN2O4/c1-11-3-6-13(7-4-11)18(2)16(20)10-23-15-9-12(17)5-8-14(15)19(21)22/h5,8-9,11,13H,3-4,6-7,10H2,1-2H3. The van der Waals surface area contributed by atoms with Crippen LogP contribution >= 0.6 is 0 Å². The first-order chi connectivity index (χ1) is 10.9. The van der Waals surface area contributed by atoms with E-state index in [9.17, 15) is 19.3 Å². The lowest BCUT2D eigenvalue weighted by Crippen LogP contribution is -2.41. The van der Waals surface area contributed by atoms with Crippen molar-refractivity contribution in [2.75, 3.05) is 13.7 Å². The highest BCUT2D eigenvalue weighted by Gasteiger charge is 2.25. The third-order valence-corrected chi connectivity index (χ3v) is 4.40. The molecule has 0 radical (unpaired) electrons. The van der Waals surface area contributed by atoms with Gasteiger partial charge in [0.05, 0.1) is 4.92 Å². The highest BCUT2D eigenvalue weighted by molar-refractivity contribution is 5.78. The average molecular weight is 324 g/mol. The first-order valence-corrected chi connectivity index (χ1v) is 7.71. The number of hydrogen-bond donors (Lipinski definition) is 0. The van der Waals surface area contributed by atoms with Crippen LogP contribution in [0.4, 0.5) is 10.1 Å². The summed E-state index contributed by atoms with van der Waals surface area (Å²) in [5, 5.41) is 10.9. The third kappa shape index (κ3) is 4.40. The Morgan fingerprint density at radius 3 is 2.65 bits per heavy atom. The predicted octanol–water partition coefficient (Wildman–Crippen LogP) is 3.15. The monoisotopic (exact) mass is 324 g/mol. The summed E-state index contributed by atoms with van der Waals surface area (Å²) < 4.78 is 18.4. The highest BCUT2D eigenvalue weighted by atomic mass is 19.1. The SMILES string of the molecule is CC1CCC(N(C)C(=O)COc2cc(F)ccc2[N+](=O)[O-])CC1. The molecule has 1 aliphatic rings. The Kier molecular flexibility index (Phi) is 5.52. The van der Waals surface area contributed by atoms with Crippen LogP contribution in [0, 0.1) is 21.8 Å². The average Bonchev–Trinajstić information content (AvgIpc) is 2.52. The molecule has 2 rings (SSSR count). The van der Waals surface area contributed by atoms with Crippen LogP contribution < -0.4 is 4.74 Å². The van der Waals surface area contributed by atoms with E-state index in [1.54, 1.807) is 11.9 Å². The molecule has 0 heterocycles. The van der Waals surface area contributed by atoms with Crippen LogP contribution in [0.1, 0.15) is 32.6 Å². The van der Waals surface area contributed by atoms with Gasteiger partial charge < -0.3 is 9.64 Å². The normalized spacial score (nSPS) is 20.8. The van der Waals surface area contributed by atoms with E-state index in [4.69, 9.17) is 4.74 Å². The van der Waals surface area contributed by atoms with Crippen LogP contribution in [0.5, 0.6) is 5.75 Å². The van der Waals surface area contributed by atoms with Gasteiger partial charge in [-0.3, -0.25) is 14.9 Å². The maximum absolute atomic E-state index is 13.2. The number of carbonyl (C=O) groups is 1. The number of ether oxygens (including phenoxy) is 1. The van der Waals surface area contributed by atoms with E-state index in [-0.39, 0.29) is 30.0 Å². The number of benzene rings is 1. The number of carbonyl (C=O) groups excluding carboxylic acids is 1. The van der Waals surface area contributed by atoms with Crippen LogP contribution in [-0.4, -0.2) is 35.4 Å². The second-order valence-corrected chi connectivity index (χ2v) is 6.08. The molecule has 1 saturated carbocycles. The number of amides is 1. The third-order valence-electron chi connectivity index (χ3n) is 4.40. The van der Waals surface area contributed by atoms with E-state index in [1.165, 1.54) is 0 Å². The fourth-order valence-electron chi connectivity index (χ4n) is 2.83. The minimum Gasteiger partial charge on any atom is -0.477 e. The van der Waals surface area contributed by atoms with E-state index < -0.39 is 10.7 Å². The number of nitro groups is 1. The van der Waals surface area contributed by atoms with Gasteiger partial charge in [-0.15, -0.1) is 0 Å². The largest absolute Gasteiger partial charge is 0.477 e. The fraction of sp³-hybridized carbons (Fsp3) is 0.562. The van der Waals surface area contributed by atoms with Crippen molar-refractivity contribution < 1.29 is 18.8 Å². The summed E-state index contributed by atoms with van der Waals surface area (Å²) in [5.74, 6) is -0.453.